The zero-order chi connectivity index (χ0) is 19.3. The Hall–Kier alpha value is -3.29. The van der Waals surface area contributed by atoms with Gasteiger partial charge in [-0.3, -0.25) is 4.79 Å². The molecule has 4 rings (SSSR count). The van der Waals surface area contributed by atoms with Crippen molar-refractivity contribution in [3.63, 3.8) is 0 Å². The van der Waals surface area contributed by atoms with Crippen molar-refractivity contribution in [2.75, 3.05) is 27.0 Å². The van der Waals surface area contributed by atoms with Crippen molar-refractivity contribution >= 4 is 12.0 Å². The number of amides is 1. The van der Waals surface area contributed by atoms with Gasteiger partial charge in [-0.1, -0.05) is 6.07 Å². The van der Waals surface area contributed by atoms with E-state index >= 15 is 0 Å². The third kappa shape index (κ3) is 4.16. The zero-order valence-electron chi connectivity index (χ0n) is 15.5. The van der Waals surface area contributed by atoms with Gasteiger partial charge in [-0.15, -0.1) is 10.2 Å². The average Bonchev–Trinajstić information content (AvgIpc) is 3.20. The summed E-state index contributed by atoms with van der Waals surface area (Å²) >= 11 is 0. The van der Waals surface area contributed by atoms with Crippen LogP contribution < -0.4 is 18.9 Å². The highest BCUT2D eigenvalue weighted by Crippen LogP contribution is 2.32. The van der Waals surface area contributed by atoms with Gasteiger partial charge in [0.1, 0.15) is 6.10 Å². The number of piperidine rings is 1. The summed E-state index contributed by atoms with van der Waals surface area (Å²) in [5.41, 5.74) is 0.885. The molecule has 0 spiro atoms. The van der Waals surface area contributed by atoms with Gasteiger partial charge in [-0.2, -0.15) is 0 Å². The molecule has 146 valence electrons. The fourth-order valence-corrected chi connectivity index (χ4v) is 3.17. The summed E-state index contributed by atoms with van der Waals surface area (Å²) in [6, 6.07) is 9.00. The number of carbonyl (C=O) groups excluding carboxylic acids is 1. The molecule has 1 aromatic carbocycles. The van der Waals surface area contributed by atoms with Crippen LogP contribution in [0.5, 0.6) is 23.3 Å². The normalized spacial score (nSPS) is 18.3. The van der Waals surface area contributed by atoms with Crippen LogP contribution >= 0.6 is 0 Å². The van der Waals surface area contributed by atoms with Crippen LogP contribution in [0.1, 0.15) is 18.4 Å². The molecule has 28 heavy (non-hydrogen) atoms. The first kappa shape index (κ1) is 18.1. The predicted molar refractivity (Wildman–Crippen MR) is 100 cm³/mol. The highest BCUT2D eigenvalue weighted by Gasteiger charge is 2.24. The smallest absolute Gasteiger partial charge is 0.246 e. The van der Waals surface area contributed by atoms with Crippen molar-refractivity contribution in [1.82, 2.24) is 15.1 Å². The first-order valence-electron chi connectivity index (χ1n) is 9.12. The summed E-state index contributed by atoms with van der Waals surface area (Å²) in [4.78, 5) is 14.4. The quantitative estimate of drug-likeness (QED) is 0.733. The van der Waals surface area contributed by atoms with Crippen molar-refractivity contribution in [1.29, 1.82) is 0 Å². The number of likely N-dealkylation sites (tertiary alicyclic amines) is 1. The molecule has 8 heteroatoms. The molecule has 1 saturated heterocycles. The second-order valence-electron chi connectivity index (χ2n) is 6.53. The molecule has 1 amide bonds. The number of benzene rings is 1. The van der Waals surface area contributed by atoms with Gasteiger partial charge in [0.25, 0.3) is 0 Å². The maximum absolute atomic E-state index is 12.6. The van der Waals surface area contributed by atoms with Crippen LogP contribution in [0.4, 0.5) is 0 Å². The Bertz CT molecular complexity index is 869. The van der Waals surface area contributed by atoms with Gasteiger partial charge in [-0.05, 0) is 36.6 Å². The van der Waals surface area contributed by atoms with Crippen LogP contribution in [0.15, 0.2) is 36.4 Å². The SMILES string of the molecule is COc1ccc(OC2CCCN(C(=O)/C=C/c3ccc4c(c3)OCO4)C2)nn1. The number of carbonyl (C=O) groups is 1. The van der Waals surface area contributed by atoms with Crippen LogP contribution in [-0.4, -0.2) is 54.1 Å². The van der Waals surface area contributed by atoms with Gasteiger partial charge in [0.05, 0.1) is 13.7 Å². The van der Waals surface area contributed by atoms with E-state index in [9.17, 15) is 4.79 Å². The van der Waals surface area contributed by atoms with E-state index in [1.54, 1.807) is 29.2 Å². The molecule has 2 aliphatic heterocycles. The van der Waals surface area contributed by atoms with Crippen LogP contribution in [0.3, 0.4) is 0 Å². The summed E-state index contributed by atoms with van der Waals surface area (Å²) < 4.78 is 21.5. The van der Waals surface area contributed by atoms with E-state index in [0.29, 0.717) is 30.6 Å². The molecule has 2 aliphatic rings. The Kier molecular flexibility index (Phi) is 5.27. The third-order valence-electron chi connectivity index (χ3n) is 4.62. The predicted octanol–water partition coefficient (Wildman–Crippen LogP) is 2.30. The molecule has 8 nitrogen and oxygen atoms in total. The summed E-state index contributed by atoms with van der Waals surface area (Å²) in [6.45, 7) is 1.45. The standard InChI is InChI=1S/C20H21N3O5/c1-25-18-7-8-19(22-21-18)28-15-3-2-10-23(12-15)20(24)9-5-14-4-6-16-17(11-14)27-13-26-16/h4-9,11,15H,2-3,10,12-13H2,1H3/b9-5+. The second-order valence-corrected chi connectivity index (χ2v) is 6.53. The van der Waals surface area contributed by atoms with E-state index in [-0.39, 0.29) is 18.8 Å². The molecule has 1 fully saturated rings. The van der Waals surface area contributed by atoms with E-state index in [4.69, 9.17) is 18.9 Å². The first-order valence-corrected chi connectivity index (χ1v) is 9.12. The van der Waals surface area contributed by atoms with Gasteiger partial charge in [0.15, 0.2) is 11.5 Å². The highest BCUT2D eigenvalue weighted by atomic mass is 16.7. The second kappa shape index (κ2) is 8.16. The van der Waals surface area contributed by atoms with Crippen molar-refractivity contribution < 1.29 is 23.7 Å². The Morgan fingerprint density at radius 1 is 1.18 bits per heavy atom. The van der Waals surface area contributed by atoms with Crippen LogP contribution in [0.2, 0.25) is 0 Å². The Balaban J connectivity index is 1.34. The maximum atomic E-state index is 12.6. The minimum atomic E-state index is -0.112. The molecular formula is C20H21N3O5. The number of rotatable bonds is 5. The average molecular weight is 383 g/mol. The molecule has 0 aliphatic carbocycles. The van der Waals surface area contributed by atoms with Crippen LogP contribution in [0.25, 0.3) is 6.08 Å². The van der Waals surface area contributed by atoms with Crippen LogP contribution in [-0.2, 0) is 4.79 Å². The molecule has 2 aromatic rings. The molecular weight excluding hydrogens is 362 g/mol. The molecule has 0 N–H and O–H groups in total. The number of hydrogen-bond donors (Lipinski definition) is 0. The zero-order valence-corrected chi connectivity index (χ0v) is 15.5. The summed E-state index contributed by atoms with van der Waals surface area (Å²) in [6.07, 6.45) is 4.98. The minimum Gasteiger partial charge on any atom is -0.480 e. The molecule has 0 radical (unpaired) electrons. The monoisotopic (exact) mass is 383 g/mol. The van der Waals surface area contributed by atoms with Crippen molar-refractivity contribution in [2.24, 2.45) is 0 Å². The Morgan fingerprint density at radius 3 is 2.82 bits per heavy atom. The highest BCUT2D eigenvalue weighted by molar-refractivity contribution is 5.92. The fraction of sp³-hybridized carbons (Fsp3) is 0.350. The molecule has 0 bridgehead atoms. The van der Waals surface area contributed by atoms with Gasteiger partial charge in [0, 0.05) is 24.8 Å². The largest absolute Gasteiger partial charge is 0.480 e. The first-order chi connectivity index (χ1) is 13.7. The molecule has 1 atom stereocenters. The Morgan fingerprint density at radius 2 is 2.00 bits per heavy atom. The topological polar surface area (TPSA) is 83.0 Å². The van der Waals surface area contributed by atoms with E-state index in [2.05, 4.69) is 10.2 Å². The lowest BCUT2D eigenvalue weighted by Gasteiger charge is -2.31. The summed E-state index contributed by atoms with van der Waals surface area (Å²) in [5, 5.41) is 7.88. The molecule has 1 unspecified atom stereocenters. The minimum absolute atomic E-state index is 0.0493. The fourth-order valence-electron chi connectivity index (χ4n) is 3.17. The van der Waals surface area contributed by atoms with E-state index in [0.717, 1.165) is 24.2 Å². The number of hydrogen-bond acceptors (Lipinski definition) is 7. The van der Waals surface area contributed by atoms with Crippen molar-refractivity contribution in [3.8, 4) is 23.3 Å². The maximum Gasteiger partial charge on any atom is 0.246 e. The van der Waals surface area contributed by atoms with Crippen molar-refractivity contribution in [2.45, 2.75) is 18.9 Å². The van der Waals surface area contributed by atoms with E-state index < -0.39 is 0 Å². The number of nitrogens with zero attached hydrogens (tertiary/aromatic N) is 3. The number of aromatic nitrogens is 2. The van der Waals surface area contributed by atoms with E-state index in [1.807, 2.05) is 18.2 Å². The molecule has 0 saturated carbocycles. The van der Waals surface area contributed by atoms with Gasteiger partial charge >= 0.3 is 0 Å². The lowest BCUT2D eigenvalue weighted by Crippen LogP contribution is -2.43. The van der Waals surface area contributed by atoms with Gasteiger partial charge in [0.2, 0.25) is 24.5 Å². The number of methoxy groups -OCH3 is 1. The van der Waals surface area contributed by atoms with Crippen molar-refractivity contribution in [3.05, 3.63) is 42.0 Å². The van der Waals surface area contributed by atoms with Gasteiger partial charge in [-0.25, -0.2) is 0 Å². The lowest BCUT2D eigenvalue weighted by atomic mass is 10.1. The lowest BCUT2D eigenvalue weighted by molar-refractivity contribution is -0.128. The van der Waals surface area contributed by atoms with Gasteiger partial charge < -0.3 is 23.8 Å². The molecule has 3 heterocycles. The summed E-state index contributed by atoms with van der Waals surface area (Å²) in [7, 11) is 1.53. The summed E-state index contributed by atoms with van der Waals surface area (Å²) in [5.74, 6) is 2.23. The van der Waals surface area contributed by atoms with Crippen LogP contribution in [0, 0.1) is 0 Å². The number of ether oxygens (including phenoxy) is 4. The number of fused-ring (bicyclic) bond motifs is 1. The van der Waals surface area contributed by atoms with E-state index in [1.165, 1.54) is 7.11 Å². The third-order valence-corrected chi connectivity index (χ3v) is 4.62. The Labute approximate surface area is 162 Å². The molecule has 1 aromatic heterocycles.